The lowest BCUT2D eigenvalue weighted by molar-refractivity contribution is -0.345. The summed E-state index contributed by atoms with van der Waals surface area (Å²) in [5, 5.41) is 9.09. The molecule has 2 nitrogen and oxygen atoms in total. The highest BCUT2D eigenvalue weighted by Gasteiger charge is 2.50. The summed E-state index contributed by atoms with van der Waals surface area (Å²) in [5.74, 6) is 0. The highest BCUT2D eigenvalue weighted by Crippen LogP contribution is 2.51. The van der Waals surface area contributed by atoms with Gasteiger partial charge in [0.15, 0.2) is 0 Å². The molecule has 0 unspecified atom stereocenters. The molecule has 2 rings (SSSR count). The summed E-state index contributed by atoms with van der Waals surface area (Å²) in [6.45, 7) is 2.24. The van der Waals surface area contributed by atoms with Crippen molar-refractivity contribution in [1.29, 1.82) is 0 Å². The first-order chi connectivity index (χ1) is 6.22. The van der Waals surface area contributed by atoms with E-state index in [4.69, 9.17) is 10.1 Å². The number of hydrogen-bond donors (Lipinski definition) is 1. The van der Waals surface area contributed by atoms with E-state index in [1.807, 2.05) is 0 Å². The van der Waals surface area contributed by atoms with Crippen molar-refractivity contribution < 1.29 is 10.1 Å². The molecule has 2 aliphatic carbocycles. The Hall–Kier alpha value is -0.340. The van der Waals surface area contributed by atoms with E-state index in [0.717, 1.165) is 19.3 Å². The Labute approximate surface area is 79.5 Å². The maximum atomic E-state index is 9.09. The molecule has 0 saturated heterocycles. The second kappa shape index (κ2) is 3.10. The standard InChI is InChI=1S/C11H18O2/c1-10-6-2-4-8-11(10,13-12)9-5-3-7-10/h4,8,12H,2-3,5-7,9H2,1H3/t10-,11+/m0/s1. The molecule has 0 heterocycles. The summed E-state index contributed by atoms with van der Waals surface area (Å²) in [6.07, 6.45) is 11.1. The summed E-state index contributed by atoms with van der Waals surface area (Å²) in [4.78, 5) is 4.80. The Morgan fingerprint density at radius 2 is 2.00 bits per heavy atom. The van der Waals surface area contributed by atoms with Gasteiger partial charge in [-0.05, 0) is 25.7 Å². The molecule has 2 aliphatic rings. The average Bonchev–Trinajstić information content (AvgIpc) is 2.17. The molecule has 0 aliphatic heterocycles. The van der Waals surface area contributed by atoms with Crippen molar-refractivity contribution in [1.82, 2.24) is 0 Å². The van der Waals surface area contributed by atoms with Gasteiger partial charge in [0.05, 0.1) is 0 Å². The van der Waals surface area contributed by atoms with Crippen molar-refractivity contribution in [3.8, 4) is 0 Å². The maximum absolute atomic E-state index is 9.09. The minimum Gasteiger partial charge on any atom is -0.251 e. The molecule has 1 N–H and O–H groups in total. The molecule has 0 aromatic carbocycles. The molecule has 2 atom stereocenters. The molecule has 13 heavy (non-hydrogen) atoms. The minimum absolute atomic E-state index is 0.161. The number of rotatable bonds is 1. The molecule has 0 radical (unpaired) electrons. The van der Waals surface area contributed by atoms with E-state index < -0.39 is 0 Å². The van der Waals surface area contributed by atoms with Gasteiger partial charge in [-0.15, -0.1) is 0 Å². The maximum Gasteiger partial charge on any atom is 0.127 e. The van der Waals surface area contributed by atoms with E-state index in [1.54, 1.807) is 0 Å². The number of allylic oxidation sites excluding steroid dienone is 1. The van der Waals surface area contributed by atoms with Crippen LogP contribution in [0.5, 0.6) is 0 Å². The van der Waals surface area contributed by atoms with Crippen molar-refractivity contribution in [3.63, 3.8) is 0 Å². The highest BCUT2D eigenvalue weighted by atomic mass is 17.1. The van der Waals surface area contributed by atoms with Crippen LogP contribution in [0, 0.1) is 5.41 Å². The van der Waals surface area contributed by atoms with Crippen LogP contribution >= 0.6 is 0 Å². The van der Waals surface area contributed by atoms with Crippen molar-refractivity contribution >= 4 is 0 Å². The van der Waals surface area contributed by atoms with Gasteiger partial charge in [-0.2, -0.15) is 0 Å². The quantitative estimate of drug-likeness (QED) is 0.383. The summed E-state index contributed by atoms with van der Waals surface area (Å²) < 4.78 is 0. The van der Waals surface area contributed by atoms with Gasteiger partial charge in [0, 0.05) is 5.41 Å². The minimum atomic E-state index is -0.372. The first-order valence-corrected chi connectivity index (χ1v) is 5.23. The third-order valence-corrected chi connectivity index (χ3v) is 3.96. The van der Waals surface area contributed by atoms with Crippen molar-refractivity contribution in [2.75, 3.05) is 0 Å². The van der Waals surface area contributed by atoms with E-state index >= 15 is 0 Å². The third-order valence-electron chi connectivity index (χ3n) is 3.96. The fourth-order valence-corrected chi connectivity index (χ4v) is 2.90. The lowest BCUT2D eigenvalue weighted by Crippen LogP contribution is -2.50. The van der Waals surface area contributed by atoms with Crippen LogP contribution in [0.15, 0.2) is 12.2 Å². The monoisotopic (exact) mass is 182 g/mol. The summed E-state index contributed by atoms with van der Waals surface area (Å²) in [7, 11) is 0. The summed E-state index contributed by atoms with van der Waals surface area (Å²) >= 11 is 0. The first-order valence-electron chi connectivity index (χ1n) is 5.23. The zero-order valence-corrected chi connectivity index (χ0v) is 8.25. The van der Waals surface area contributed by atoms with Crippen LogP contribution in [0.25, 0.3) is 0 Å². The smallest absolute Gasteiger partial charge is 0.127 e. The Kier molecular flexibility index (Phi) is 2.20. The van der Waals surface area contributed by atoms with Crippen LogP contribution in [0.2, 0.25) is 0 Å². The Balaban J connectivity index is 2.33. The van der Waals surface area contributed by atoms with E-state index in [1.165, 1.54) is 19.3 Å². The van der Waals surface area contributed by atoms with Gasteiger partial charge in [-0.1, -0.05) is 31.9 Å². The van der Waals surface area contributed by atoms with Gasteiger partial charge < -0.3 is 0 Å². The molecule has 1 saturated carbocycles. The van der Waals surface area contributed by atoms with Gasteiger partial charge >= 0.3 is 0 Å². The van der Waals surface area contributed by atoms with Gasteiger partial charge in [0.25, 0.3) is 0 Å². The van der Waals surface area contributed by atoms with Crippen LogP contribution in [0.1, 0.15) is 45.4 Å². The summed E-state index contributed by atoms with van der Waals surface area (Å²) in [5.41, 5.74) is -0.210. The van der Waals surface area contributed by atoms with E-state index in [0.29, 0.717) is 0 Å². The molecule has 0 bridgehead atoms. The molecule has 0 amide bonds. The molecular formula is C11H18O2. The summed E-state index contributed by atoms with van der Waals surface area (Å²) in [6, 6.07) is 0. The molecular weight excluding hydrogens is 164 g/mol. The van der Waals surface area contributed by atoms with Crippen LogP contribution < -0.4 is 0 Å². The van der Waals surface area contributed by atoms with Gasteiger partial charge in [-0.3, -0.25) is 5.26 Å². The third kappa shape index (κ3) is 1.24. The number of fused-ring (bicyclic) bond motifs is 1. The lowest BCUT2D eigenvalue weighted by atomic mass is 9.60. The topological polar surface area (TPSA) is 29.5 Å². The largest absolute Gasteiger partial charge is 0.251 e. The lowest BCUT2D eigenvalue weighted by Gasteiger charge is -2.49. The van der Waals surface area contributed by atoms with Crippen molar-refractivity contribution in [2.45, 2.75) is 51.0 Å². The van der Waals surface area contributed by atoms with E-state index in [9.17, 15) is 0 Å². The fraction of sp³-hybridized carbons (Fsp3) is 0.818. The fourth-order valence-electron chi connectivity index (χ4n) is 2.90. The zero-order chi connectivity index (χ0) is 9.36. The predicted molar refractivity (Wildman–Crippen MR) is 51.4 cm³/mol. The highest BCUT2D eigenvalue weighted by molar-refractivity contribution is 5.16. The Bertz CT molecular complexity index is 224. The second-order valence-corrected chi connectivity index (χ2v) is 4.69. The molecule has 0 spiro atoms. The Morgan fingerprint density at radius 1 is 1.23 bits per heavy atom. The normalized spacial score (nSPS) is 44.5. The SMILES string of the molecule is C[C@@]12CCC=C[C@@]1(OO)CCCC2. The molecule has 0 aromatic heterocycles. The molecule has 0 aromatic rings. The molecule has 74 valence electrons. The average molecular weight is 182 g/mol. The van der Waals surface area contributed by atoms with Crippen molar-refractivity contribution in [2.24, 2.45) is 5.41 Å². The van der Waals surface area contributed by atoms with Crippen LogP contribution in [0.4, 0.5) is 0 Å². The Morgan fingerprint density at radius 3 is 2.69 bits per heavy atom. The zero-order valence-electron chi connectivity index (χ0n) is 8.25. The van der Waals surface area contributed by atoms with E-state index in [2.05, 4.69) is 19.1 Å². The number of hydrogen-bond acceptors (Lipinski definition) is 2. The van der Waals surface area contributed by atoms with E-state index in [-0.39, 0.29) is 11.0 Å². The molecule has 2 heteroatoms. The van der Waals surface area contributed by atoms with Gasteiger partial charge in [0.2, 0.25) is 0 Å². The van der Waals surface area contributed by atoms with Crippen LogP contribution in [-0.2, 0) is 4.89 Å². The van der Waals surface area contributed by atoms with Crippen LogP contribution in [0.3, 0.4) is 0 Å². The van der Waals surface area contributed by atoms with Crippen molar-refractivity contribution in [3.05, 3.63) is 12.2 Å². The second-order valence-electron chi connectivity index (χ2n) is 4.69. The first kappa shape index (κ1) is 9.22. The van der Waals surface area contributed by atoms with Gasteiger partial charge in [-0.25, -0.2) is 4.89 Å². The molecule has 1 fully saturated rings. The predicted octanol–water partition coefficient (Wildman–Crippen LogP) is 3.15. The van der Waals surface area contributed by atoms with Gasteiger partial charge in [0.1, 0.15) is 5.60 Å². The van der Waals surface area contributed by atoms with Crippen LogP contribution in [-0.4, -0.2) is 10.9 Å².